The summed E-state index contributed by atoms with van der Waals surface area (Å²) in [6, 6.07) is 4.37. The van der Waals surface area contributed by atoms with E-state index in [-0.39, 0.29) is 11.3 Å². The molecule has 104 valence electrons. The van der Waals surface area contributed by atoms with Gasteiger partial charge in [-0.05, 0) is 31.0 Å². The Balaban J connectivity index is 2.18. The minimum Gasteiger partial charge on any atom is -0.321 e. The molecule has 0 saturated heterocycles. The van der Waals surface area contributed by atoms with Crippen LogP contribution in [0.3, 0.4) is 0 Å². The highest BCUT2D eigenvalue weighted by atomic mass is 19.4. The zero-order chi connectivity index (χ0) is 14.5. The first kappa shape index (κ1) is 13.1. The van der Waals surface area contributed by atoms with Gasteiger partial charge in [0.05, 0.1) is 22.8 Å². The molecule has 0 fully saturated rings. The van der Waals surface area contributed by atoms with E-state index < -0.39 is 17.8 Å². The highest BCUT2D eigenvalue weighted by Gasteiger charge is 2.31. The van der Waals surface area contributed by atoms with Crippen molar-refractivity contribution < 1.29 is 18.0 Å². The first-order valence-corrected chi connectivity index (χ1v) is 6.17. The molecule has 0 radical (unpaired) electrons. The lowest BCUT2D eigenvalue weighted by Crippen LogP contribution is -2.35. The second kappa shape index (κ2) is 4.28. The molecular weight excluding hydrogens is 269 g/mol. The fourth-order valence-corrected chi connectivity index (χ4v) is 2.41. The van der Waals surface area contributed by atoms with E-state index in [4.69, 9.17) is 5.73 Å². The average molecular weight is 280 g/mol. The fraction of sp³-hybridized carbons (Fsp3) is 0.286. The molecule has 3 nitrogen and oxygen atoms in total. The Bertz CT molecular complexity index is 709. The molecular formula is C14H11F3N2O. The molecule has 1 atom stereocenters. The minimum atomic E-state index is -4.40. The summed E-state index contributed by atoms with van der Waals surface area (Å²) in [7, 11) is 0. The number of halogens is 3. The first-order chi connectivity index (χ1) is 9.36. The maximum absolute atomic E-state index is 12.7. The lowest BCUT2D eigenvalue weighted by atomic mass is 9.90. The normalized spacial score (nSPS) is 19.2. The third kappa shape index (κ3) is 2.06. The van der Waals surface area contributed by atoms with Gasteiger partial charge in [-0.25, -0.2) is 0 Å². The number of nitrogens with two attached hydrogens (primary N) is 1. The Morgan fingerprint density at radius 1 is 1.25 bits per heavy atom. The summed E-state index contributed by atoms with van der Waals surface area (Å²) in [5.74, 6) is -0.194. The van der Waals surface area contributed by atoms with Gasteiger partial charge in [0.2, 0.25) is 0 Å². The molecule has 1 unspecified atom stereocenters. The van der Waals surface area contributed by atoms with Gasteiger partial charge in [0.1, 0.15) is 0 Å². The highest BCUT2D eigenvalue weighted by Crippen LogP contribution is 2.32. The number of hydrogen-bond acceptors (Lipinski definition) is 3. The molecule has 2 aromatic rings. The topological polar surface area (TPSA) is 56.0 Å². The standard InChI is InChI=1S/C14H11F3N2O/c15-14(16,17)8-2-1-7-5-9-11(19-12(7)6-8)4-3-10(18)13(9)20/h1-2,5-6,10H,3-4,18H2. The van der Waals surface area contributed by atoms with Gasteiger partial charge < -0.3 is 5.73 Å². The monoisotopic (exact) mass is 280 g/mol. The van der Waals surface area contributed by atoms with E-state index >= 15 is 0 Å². The Labute approximate surface area is 112 Å². The molecule has 6 heteroatoms. The maximum atomic E-state index is 12.7. The summed E-state index contributed by atoms with van der Waals surface area (Å²) in [6.07, 6.45) is -3.42. The number of alkyl halides is 3. The van der Waals surface area contributed by atoms with Crippen LogP contribution in [0.2, 0.25) is 0 Å². The predicted octanol–water partition coefficient (Wildman–Crippen LogP) is 2.71. The molecule has 0 amide bonds. The molecule has 1 aromatic heterocycles. The van der Waals surface area contributed by atoms with Crippen LogP contribution in [0.4, 0.5) is 13.2 Å². The van der Waals surface area contributed by atoms with E-state index in [2.05, 4.69) is 4.98 Å². The van der Waals surface area contributed by atoms with Gasteiger partial charge in [0.15, 0.2) is 5.78 Å². The van der Waals surface area contributed by atoms with Gasteiger partial charge in [0, 0.05) is 10.9 Å². The lowest BCUT2D eigenvalue weighted by Gasteiger charge is -2.20. The van der Waals surface area contributed by atoms with Gasteiger partial charge in [-0.15, -0.1) is 0 Å². The van der Waals surface area contributed by atoms with Crippen LogP contribution in [0, 0.1) is 0 Å². The van der Waals surface area contributed by atoms with Crippen LogP contribution < -0.4 is 5.73 Å². The second-order valence-electron chi connectivity index (χ2n) is 4.90. The van der Waals surface area contributed by atoms with E-state index in [1.165, 1.54) is 6.07 Å². The molecule has 1 aliphatic carbocycles. The zero-order valence-corrected chi connectivity index (χ0v) is 10.4. The molecule has 0 aliphatic heterocycles. The van der Waals surface area contributed by atoms with Crippen molar-refractivity contribution >= 4 is 16.7 Å². The fourth-order valence-electron chi connectivity index (χ4n) is 2.41. The smallest absolute Gasteiger partial charge is 0.321 e. The van der Waals surface area contributed by atoms with Crippen molar-refractivity contribution in [1.82, 2.24) is 4.98 Å². The predicted molar refractivity (Wildman–Crippen MR) is 67.4 cm³/mol. The molecule has 1 aliphatic rings. The number of rotatable bonds is 0. The minimum absolute atomic E-state index is 0.194. The SMILES string of the molecule is NC1CCc2nc3cc(C(F)(F)F)ccc3cc2C1=O. The number of nitrogens with zero attached hydrogens (tertiary/aromatic N) is 1. The van der Waals surface area contributed by atoms with Crippen molar-refractivity contribution in [2.24, 2.45) is 5.73 Å². The summed E-state index contributed by atoms with van der Waals surface area (Å²) in [5.41, 5.74) is 6.16. The Kier molecular flexibility index (Phi) is 2.79. The zero-order valence-electron chi connectivity index (χ0n) is 10.4. The van der Waals surface area contributed by atoms with Crippen molar-refractivity contribution in [2.45, 2.75) is 25.1 Å². The quantitative estimate of drug-likeness (QED) is 0.807. The second-order valence-corrected chi connectivity index (χ2v) is 4.90. The van der Waals surface area contributed by atoms with E-state index in [0.717, 1.165) is 12.1 Å². The van der Waals surface area contributed by atoms with E-state index in [1.807, 2.05) is 0 Å². The van der Waals surface area contributed by atoms with Crippen LogP contribution in [0.1, 0.15) is 28.0 Å². The summed E-state index contributed by atoms with van der Waals surface area (Å²) in [6.45, 7) is 0. The third-order valence-corrected chi connectivity index (χ3v) is 3.52. The third-order valence-electron chi connectivity index (χ3n) is 3.52. The Morgan fingerprint density at radius 2 is 2.00 bits per heavy atom. The molecule has 2 N–H and O–H groups in total. The molecule has 20 heavy (non-hydrogen) atoms. The van der Waals surface area contributed by atoms with Gasteiger partial charge in [0.25, 0.3) is 0 Å². The van der Waals surface area contributed by atoms with E-state index in [0.29, 0.717) is 29.5 Å². The average Bonchev–Trinajstić information content (AvgIpc) is 2.40. The largest absolute Gasteiger partial charge is 0.416 e. The number of fused-ring (bicyclic) bond motifs is 2. The van der Waals surface area contributed by atoms with Gasteiger partial charge >= 0.3 is 6.18 Å². The van der Waals surface area contributed by atoms with E-state index in [9.17, 15) is 18.0 Å². The number of carbonyl (C=O) groups is 1. The number of ketones is 1. The van der Waals surface area contributed by atoms with Crippen LogP contribution >= 0.6 is 0 Å². The van der Waals surface area contributed by atoms with Crippen molar-refractivity contribution in [3.8, 4) is 0 Å². The van der Waals surface area contributed by atoms with Crippen LogP contribution in [0.5, 0.6) is 0 Å². The summed E-state index contributed by atoms with van der Waals surface area (Å²) in [4.78, 5) is 16.1. The summed E-state index contributed by atoms with van der Waals surface area (Å²) < 4.78 is 38.0. The number of Topliss-reactive ketones (excluding diaryl/α,β-unsaturated/α-hetero) is 1. The maximum Gasteiger partial charge on any atom is 0.416 e. The van der Waals surface area contributed by atoms with Gasteiger partial charge in [-0.3, -0.25) is 9.78 Å². The van der Waals surface area contributed by atoms with Gasteiger partial charge in [-0.1, -0.05) is 6.07 Å². The lowest BCUT2D eigenvalue weighted by molar-refractivity contribution is -0.137. The van der Waals surface area contributed by atoms with Crippen molar-refractivity contribution in [3.63, 3.8) is 0 Å². The Morgan fingerprint density at radius 3 is 2.70 bits per heavy atom. The van der Waals surface area contributed by atoms with Crippen LogP contribution in [-0.4, -0.2) is 16.8 Å². The van der Waals surface area contributed by atoms with Crippen molar-refractivity contribution in [1.29, 1.82) is 0 Å². The molecule has 1 heterocycles. The Hall–Kier alpha value is -1.95. The number of aryl methyl sites for hydroxylation is 1. The summed E-state index contributed by atoms with van der Waals surface area (Å²) >= 11 is 0. The van der Waals surface area contributed by atoms with Crippen molar-refractivity contribution in [2.75, 3.05) is 0 Å². The summed E-state index contributed by atoms with van der Waals surface area (Å²) in [5, 5.41) is 0.513. The van der Waals surface area contributed by atoms with E-state index in [1.54, 1.807) is 6.07 Å². The van der Waals surface area contributed by atoms with Crippen LogP contribution in [0.25, 0.3) is 10.9 Å². The number of carbonyl (C=O) groups excluding carboxylic acids is 1. The highest BCUT2D eigenvalue weighted by molar-refractivity contribution is 6.04. The number of hydrogen-bond donors (Lipinski definition) is 1. The molecule has 0 spiro atoms. The molecule has 0 bridgehead atoms. The molecule has 3 rings (SSSR count). The van der Waals surface area contributed by atoms with Crippen molar-refractivity contribution in [3.05, 3.63) is 41.1 Å². The van der Waals surface area contributed by atoms with Crippen LogP contribution in [0.15, 0.2) is 24.3 Å². The first-order valence-electron chi connectivity index (χ1n) is 6.17. The molecule has 0 saturated carbocycles. The number of pyridine rings is 1. The van der Waals surface area contributed by atoms with Crippen LogP contribution in [-0.2, 0) is 12.6 Å². The number of aromatic nitrogens is 1. The van der Waals surface area contributed by atoms with Gasteiger partial charge in [-0.2, -0.15) is 13.2 Å². The number of benzene rings is 1. The molecule has 1 aromatic carbocycles.